The molecule has 0 saturated heterocycles. The molecular formula is C12H10ClN5S2. The van der Waals surface area contributed by atoms with Crippen LogP contribution in [-0.4, -0.2) is 15.0 Å². The molecule has 5 nitrogen and oxygen atoms in total. The van der Waals surface area contributed by atoms with Crippen LogP contribution in [0.15, 0.2) is 34.4 Å². The van der Waals surface area contributed by atoms with Crippen LogP contribution in [0.2, 0.25) is 5.02 Å². The molecule has 0 radical (unpaired) electrons. The zero-order valence-electron chi connectivity index (χ0n) is 10.4. The van der Waals surface area contributed by atoms with Crippen molar-refractivity contribution in [2.75, 3.05) is 5.43 Å². The van der Waals surface area contributed by atoms with Gasteiger partial charge in [-0.3, -0.25) is 5.43 Å². The van der Waals surface area contributed by atoms with Gasteiger partial charge in [0.15, 0.2) is 0 Å². The Balaban J connectivity index is 2.06. The molecule has 3 rings (SSSR count). The first-order valence-electron chi connectivity index (χ1n) is 5.70. The molecule has 0 aliphatic carbocycles. The van der Waals surface area contributed by atoms with Crippen molar-refractivity contribution in [1.29, 1.82) is 0 Å². The van der Waals surface area contributed by atoms with Crippen LogP contribution in [0.25, 0.3) is 10.2 Å². The predicted octanol–water partition coefficient (Wildman–Crippen LogP) is 3.48. The van der Waals surface area contributed by atoms with E-state index in [9.17, 15) is 0 Å². The van der Waals surface area contributed by atoms with Gasteiger partial charge in [0.2, 0.25) is 5.95 Å². The zero-order valence-corrected chi connectivity index (χ0v) is 12.8. The number of hydrazine groups is 1. The summed E-state index contributed by atoms with van der Waals surface area (Å²) in [7, 11) is 0. The topological polar surface area (TPSA) is 76.7 Å². The van der Waals surface area contributed by atoms with E-state index >= 15 is 0 Å². The fourth-order valence-electron chi connectivity index (χ4n) is 1.68. The van der Waals surface area contributed by atoms with Gasteiger partial charge in [0.25, 0.3) is 0 Å². The number of anilines is 1. The van der Waals surface area contributed by atoms with Crippen LogP contribution in [0.3, 0.4) is 0 Å². The van der Waals surface area contributed by atoms with Gasteiger partial charge in [-0.05, 0) is 36.9 Å². The average Bonchev–Trinajstić information content (AvgIpc) is 2.81. The summed E-state index contributed by atoms with van der Waals surface area (Å²) < 4.78 is 0. The van der Waals surface area contributed by atoms with Crippen LogP contribution in [-0.2, 0) is 0 Å². The molecule has 3 aromatic heterocycles. The number of fused-ring (bicyclic) bond motifs is 1. The van der Waals surface area contributed by atoms with Gasteiger partial charge in [-0.25, -0.2) is 20.8 Å². The lowest BCUT2D eigenvalue weighted by atomic mass is 10.4. The van der Waals surface area contributed by atoms with Crippen molar-refractivity contribution < 1.29 is 0 Å². The third-order valence-corrected chi connectivity index (χ3v) is 4.63. The fourth-order valence-corrected chi connectivity index (χ4v) is 3.57. The van der Waals surface area contributed by atoms with Gasteiger partial charge >= 0.3 is 0 Å². The van der Waals surface area contributed by atoms with Gasteiger partial charge < -0.3 is 0 Å². The molecule has 0 aliphatic heterocycles. The highest BCUT2D eigenvalue weighted by Crippen LogP contribution is 2.35. The number of nitrogens with one attached hydrogen (secondary N) is 1. The Bertz CT molecular complexity index is 756. The van der Waals surface area contributed by atoms with E-state index in [2.05, 4.69) is 26.4 Å². The van der Waals surface area contributed by atoms with Gasteiger partial charge in [0, 0.05) is 16.5 Å². The van der Waals surface area contributed by atoms with E-state index in [4.69, 9.17) is 17.4 Å². The lowest BCUT2D eigenvalue weighted by Crippen LogP contribution is -2.10. The second-order valence-corrected chi connectivity index (χ2v) is 6.67. The van der Waals surface area contributed by atoms with Crippen molar-refractivity contribution in [1.82, 2.24) is 15.0 Å². The number of halogens is 1. The number of hydrogen-bond acceptors (Lipinski definition) is 7. The number of nitrogens with zero attached hydrogens (tertiary/aromatic N) is 3. The number of rotatable bonds is 3. The number of pyridine rings is 1. The molecule has 20 heavy (non-hydrogen) atoms. The first-order chi connectivity index (χ1) is 9.65. The minimum atomic E-state index is 0.399. The highest BCUT2D eigenvalue weighted by molar-refractivity contribution is 7.99. The molecule has 3 aromatic rings. The van der Waals surface area contributed by atoms with Crippen LogP contribution in [0.5, 0.6) is 0 Å². The molecule has 8 heteroatoms. The SMILES string of the molecule is Cc1cc2c(Sc3ccc(Cl)cn3)nc(NN)nc2s1. The van der Waals surface area contributed by atoms with Crippen LogP contribution in [0, 0.1) is 6.92 Å². The van der Waals surface area contributed by atoms with E-state index in [1.165, 1.54) is 16.6 Å². The smallest absolute Gasteiger partial charge is 0.239 e. The summed E-state index contributed by atoms with van der Waals surface area (Å²) >= 11 is 8.90. The third kappa shape index (κ3) is 2.71. The highest BCUT2D eigenvalue weighted by Gasteiger charge is 2.12. The quantitative estimate of drug-likeness (QED) is 0.436. The Kier molecular flexibility index (Phi) is 3.75. The number of aryl methyl sites for hydroxylation is 1. The molecule has 0 spiro atoms. The molecular weight excluding hydrogens is 314 g/mol. The molecule has 0 fully saturated rings. The third-order valence-electron chi connectivity index (χ3n) is 2.51. The highest BCUT2D eigenvalue weighted by atomic mass is 35.5. The lowest BCUT2D eigenvalue weighted by Gasteiger charge is -2.04. The summed E-state index contributed by atoms with van der Waals surface area (Å²) in [6, 6.07) is 5.73. The molecule has 0 aromatic carbocycles. The predicted molar refractivity (Wildman–Crippen MR) is 83.3 cm³/mol. The van der Waals surface area contributed by atoms with Gasteiger partial charge in [-0.2, -0.15) is 0 Å². The Labute approximate surface area is 128 Å². The first-order valence-corrected chi connectivity index (χ1v) is 7.71. The fraction of sp³-hybridized carbons (Fsp3) is 0.0833. The van der Waals surface area contributed by atoms with Crippen molar-refractivity contribution in [3.05, 3.63) is 34.3 Å². The Morgan fingerprint density at radius 2 is 2.20 bits per heavy atom. The second-order valence-electron chi connectivity index (χ2n) is 3.99. The summed E-state index contributed by atoms with van der Waals surface area (Å²) in [5, 5.41) is 3.26. The summed E-state index contributed by atoms with van der Waals surface area (Å²) in [5.41, 5.74) is 2.49. The standard InChI is InChI=1S/C12H10ClN5S2/c1-6-4-8-10(19-6)16-12(18-14)17-11(8)20-9-3-2-7(13)5-15-9/h2-5H,14H2,1H3,(H,16,17,18). The van der Waals surface area contributed by atoms with Gasteiger partial charge in [0.1, 0.15) is 14.9 Å². The van der Waals surface area contributed by atoms with Crippen molar-refractivity contribution in [3.8, 4) is 0 Å². The maximum absolute atomic E-state index is 5.84. The number of nitrogen functional groups attached to an aromatic ring is 1. The Hall–Kier alpha value is -1.41. The largest absolute Gasteiger partial charge is 0.292 e. The minimum absolute atomic E-state index is 0.399. The Morgan fingerprint density at radius 1 is 1.35 bits per heavy atom. The van der Waals surface area contributed by atoms with Crippen molar-refractivity contribution in [2.45, 2.75) is 17.0 Å². The van der Waals surface area contributed by atoms with E-state index in [0.717, 1.165) is 20.3 Å². The van der Waals surface area contributed by atoms with Crippen LogP contribution in [0.4, 0.5) is 5.95 Å². The van der Waals surface area contributed by atoms with E-state index < -0.39 is 0 Å². The molecule has 0 bridgehead atoms. The van der Waals surface area contributed by atoms with Crippen molar-refractivity contribution >= 4 is 50.9 Å². The van der Waals surface area contributed by atoms with Gasteiger partial charge in [-0.15, -0.1) is 11.3 Å². The summed E-state index contributed by atoms with van der Waals surface area (Å²) in [4.78, 5) is 15.1. The lowest BCUT2D eigenvalue weighted by molar-refractivity contribution is 1.06. The van der Waals surface area contributed by atoms with E-state index in [1.807, 2.05) is 13.0 Å². The first kappa shape index (κ1) is 13.6. The van der Waals surface area contributed by atoms with Crippen LogP contribution in [0.1, 0.15) is 4.88 Å². The van der Waals surface area contributed by atoms with E-state index in [0.29, 0.717) is 11.0 Å². The number of thiophene rings is 1. The molecule has 0 unspecified atom stereocenters. The number of hydrogen-bond donors (Lipinski definition) is 2. The number of aromatic nitrogens is 3. The van der Waals surface area contributed by atoms with Crippen LogP contribution >= 0.6 is 34.7 Å². The monoisotopic (exact) mass is 323 g/mol. The van der Waals surface area contributed by atoms with Gasteiger partial charge in [-0.1, -0.05) is 11.6 Å². The molecule has 0 aliphatic rings. The maximum Gasteiger partial charge on any atom is 0.239 e. The molecule has 102 valence electrons. The average molecular weight is 324 g/mol. The number of nitrogens with two attached hydrogens (primary N) is 1. The summed E-state index contributed by atoms with van der Waals surface area (Å²) in [6.45, 7) is 2.04. The maximum atomic E-state index is 5.84. The minimum Gasteiger partial charge on any atom is -0.292 e. The van der Waals surface area contributed by atoms with Crippen LogP contribution < -0.4 is 11.3 Å². The summed E-state index contributed by atoms with van der Waals surface area (Å²) in [6.07, 6.45) is 1.61. The Morgan fingerprint density at radius 3 is 2.90 bits per heavy atom. The van der Waals surface area contributed by atoms with Crippen molar-refractivity contribution in [2.24, 2.45) is 5.84 Å². The molecule has 0 saturated carbocycles. The summed E-state index contributed by atoms with van der Waals surface area (Å²) in [5.74, 6) is 5.82. The van der Waals surface area contributed by atoms with Gasteiger partial charge in [0.05, 0.1) is 5.02 Å². The molecule has 0 atom stereocenters. The molecule has 3 heterocycles. The van der Waals surface area contributed by atoms with Crippen molar-refractivity contribution in [3.63, 3.8) is 0 Å². The molecule has 3 N–H and O–H groups in total. The molecule has 0 amide bonds. The normalized spacial score (nSPS) is 10.9. The zero-order chi connectivity index (χ0) is 14.1. The van der Waals surface area contributed by atoms with E-state index in [-0.39, 0.29) is 0 Å². The second kappa shape index (κ2) is 5.53. The van der Waals surface area contributed by atoms with E-state index in [1.54, 1.807) is 23.6 Å².